The summed E-state index contributed by atoms with van der Waals surface area (Å²) in [5.41, 5.74) is 1.16. The van der Waals surface area contributed by atoms with E-state index in [0.29, 0.717) is 5.92 Å². The summed E-state index contributed by atoms with van der Waals surface area (Å²) < 4.78 is 14.0. The predicted molar refractivity (Wildman–Crippen MR) is 69.6 cm³/mol. The molecule has 1 heterocycles. The first-order valence-electron chi connectivity index (χ1n) is 6.68. The van der Waals surface area contributed by atoms with Crippen LogP contribution in [0.15, 0.2) is 24.3 Å². The van der Waals surface area contributed by atoms with Crippen LogP contribution in [-0.2, 0) is 0 Å². The average Bonchev–Trinajstić information content (AvgIpc) is 2.39. The fourth-order valence-electron chi connectivity index (χ4n) is 3.27. The molecule has 0 saturated carbocycles. The number of rotatable bonds is 3. The summed E-state index contributed by atoms with van der Waals surface area (Å²) in [6.45, 7) is 6.45. The Morgan fingerprint density at radius 1 is 1.29 bits per heavy atom. The molecule has 0 spiro atoms. The van der Waals surface area contributed by atoms with Gasteiger partial charge in [-0.05, 0) is 42.9 Å². The van der Waals surface area contributed by atoms with Crippen molar-refractivity contribution in [3.05, 3.63) is 35.6 Å². The maximum absolute atomic E-state index is 14.0. The van der Waals surface area contributed by atoms with Gasteiger partial charge >= 0.3 is 0 Å². The largest absolute Gasteiger partial charge is 0.316 e. The highest BCUT2D eigenvalue weighted by atomic mass is 19.1. The number of hydrogen-bond donors (Lipinski definition) is 1. The zero-order valence-electron chi connectivity index (χ0n) is 10.8. The first-order valence-corrected chi connectivity index (χ1v) is 6.68. The standard InChI is InChI=1S/C15H22FN/c1-3-15(4-2)9-10-17-11-13(15)12-7-5-6-8-14(12)16/h5-8,13,17H,3-4,9-11H2,1-2H3. The average molecular weight is 235 g/mol. The maximum atomic E-state index is 14.0. The van der Waals surface area contributed by atoms with Crippen molar-refractivity contribution in [2.24, 2.45) is 5.41 Å². The van der Waals surface area contributed by atoms with Crippen molar-refractivity contribution in [3.8, 4) is 0 Å². The van der Waals surface area contributed by atoms with Gasteiger partial charge in [-0.25, -0.2) is 4.39 Å². The molecule has 0 amide bonds. The van der Waals surface area contributed by atoms with Crippen molar-refractivity contribution in [1.29, 1.82) is 0 Å². The van der Waals surface area contributed by atoms with Gasteiger partial charge in [0, 0.05) is 12.5 Å². The molecular weight excluding hydrogens is 213 g/mol. The Hall–Kier alpha value is -0.890. The molecule has 1 aromatic rings. The van der Waals surface area contributed by atoms with Crippen molar-refractivity contribution < 1.29 is 4.39 Å². The summed E-state index contributed by atoms with van der Waals surface area (Å²) in [5.74, 6) is 0.264. The Morgan fingerprint density at radius 2 is 2.00 bits per heavy atom. The molecule has 1 saturated heterocycles. The molecule has 1 unspecified atom stereocenters. The molecular formula is C15H22FN. The van der Waals surface area contributed by atoms with E-state index in [0.717, 1.165) is 37.9 Å². The molecule has 0 bridgehead atoms. The Morgan fingerprint density at radius 3 is 2.65 bits per heavy atom. The summed E-state index contributed by atoms with van der Waals surface area (Å²) in [6, 6.07) is 7.25. The van der Waals surface area contributed by atoms with Crippen LogP contribution in [0.25, 0.3) is 0 Å². The summed E-state index contributed by atoms with van der Waals surface area (Å²) >= 11 is 0. The number of nitrogens with one attached hydrogen (secondary N) is 1. The van der Waals surface area contributed by atoms with Gasteiger partial charge in [-0.2, -0.15) is 0 Å². The smallest absolute Gasteiger partial charge is 0.126 e. The van der Waals surface area contributed by atoms with Gasteiger partial charge in [0.1, 0.15) is 5.82 Å². The molecule has 1 atom stereocenters. The SMILES string of the molecule is CCC1(CC)CCNCC1c1ccccc1F. The zero-order chi connectivity index (χ0) is 12.3. The molecule has 1 aliphatic rings. The lowest BCUT2D eigenvalue weighted by molar-refractivity contribution is 0.145. The lowest BCUT2D eigenvalue weighted by Crippen LogP contribution is -2.43. The van der Waals surface area contributed by atoms with Gasteiger partial charge in [-0.15, -0.1) is 0 Å². The number of halogens is 1. The number of benzene rings is 1. The number of hydrogen-bond acceptors (Lipinski definition) is 1. The Bertz CT molecular complexity index is 371. The van der Waals surface area contributed by atoms with E-state index in [2.05, 4.69) is 19.2 Å². The van der Waals surface area contributed by atoms with Crippen LogP contribution in [-0.4, -0.2) is 13.1 Å². The minimum absolute atomic E-state index is 0.0486. The number of piperidine rings is 1. The van der Waals surface area contributed by atoms with Crippen LogP contribution in [0.2, 0.25) is 0 Å². The molecule has 2 rings (SSSR count). The maximum Gasteiger partial charge on any atom is 0.126 e. The molecule has 1 aliphatic heterocycles. The monoisotopic (exact) mass is 235 g/mol. The van der Waals surface area contributed by atoms with E-state index in [9.17, 15) is 4.39 Å². The minimum Gasteiger partial charge on any atom is -0.316 e. The predicted octanol–water partition coefficient (Wildman–Crippen LogP) is 3.71. The van der Waals surface area contributed by atoms with Gasteiger partial charge in [0.25, 0.3) is 0 Å². The van der Waals surface area contributed by atoms with Crippen LogP contribution in [0.3, 0.4) is 0 Å². The molecule has 1 N–H and O–H groups in total. The molecule has 1 fully saturated rings. The van der Waals surface area contributed by atoms with E-state index in [4.69, 9.17) is 0 Å². The van der Waals surface area contributed by atoms with Gasteiger partial charge in [-0.1, -0.05) is 32.0 Å². The summed E-state index contributed by atoms with van der Waals surface area (Å²) in [5, 5.41) is 3.42. The van der Waals surface area contributed by atoms with Gasteiger partial charge < -0.3 is 5.32 Å². The van der Waals surface area contributed by atoms with Crippen LogP contribution in [0.4, 0.5) is 4.39 Å². The fraction of sp³-hybridized carbons (Fsp3) is 0.600. The second-order valence-corrected chi connectivity index (χ2v) is 5.10. The second kappa shape index (κ2) is 5.18. The van der Waals surface area contributed by atoms with Crippen molar-refractivity contribution in [1.82, 2.24) is 5.32 Å². The summed E-state index contributed by atoms with van der Waals surface area (Å²) in [4.78, 5) is 0. The van der Waals surface area contributed by atoms with Gasteiger partial charge in [-0.3, -0.25) is 0 Å². The fourth-order valence-corrected chi connectivity index (χ4v) is 3.27. The van der Waals surface area contributed by atoms with E-state index >= 15 is 0 Å². The highest BCUT2D eigenvalue weighted by Gasteiger charge is 2.39. The topological polar surface area (TPSA) is 12.0 Å². The van der Waals surface area contributed by atoms with E-state index < -0.39 is 0 Å². The lowest BCUT2D eigenvalue weighted by Gasteiger charge is -2.44. The zero-order valence-corrected chi connectivity index (χ0v) is 10.8. The van der Waals surface area contributed by atoms with Crippen LogP contribution >= 0.6 is 0 Å². The van der Waals surface area contributed by atoms with E-state index in [1.807, 2.05) is 12.1 Å². The first kappa shape index (κ1) is 12.6. The first-order chi connectivity index (χ1) is 8.23. The van der Waals surface area contributed by atoms with Crippen LogP contribution in [0, 0.1) is 11.2 Å². The third-order valence-electron chi connectivity index (χ3n) is 4.58. The van der Waals surface area contributed by atoms with Gasteiger partial charge in [0.15, 0.2) is 0 Å². The molecule has 1 aromatic carbocycles. The van der Waals surface area contributed by atoms with Crippen LogP contribution < -0.4 is 5.32 Å². The van der Waals surface area contributed by atoms with Crippen LogP contribution in [0.1, 0.15) is 44.6 Å². The van der Waals surface area contributed by atoms with E-state index in [1.54, 1.807) is 12.1 Å². The molecule has 0 aliphatic carbocycles. The van der Waals surface area contributed by atoms with Crippen molar-refractivity contribution in [3.63, 3.8) is 0 Å². The lowest BCUT2D eigenvalue weighted by atomic mass is 9.64. The Balaban J connectivity index is 2.37. The Kier molecular flexibility index (Phi) is 3.82. The summed E-state index contributed by atoms with van der Waals surface area (Å²) in [6.07, 6.45) is 3.41. The van der Waals surface area contributed by atoms with Crippen molar-refractivity contribution in [2.45, 2.75) is 39.0 Å². The normalized spacial score (nSPS) is 23.6. The van der Waals surface area contributed by atoms with E-state index in [-0.39, 0.29) is 11.2 Å². The Labute approximate surface area is 103 Å². The van der Waals surface area contributed by atoms with Gasteiger partial charge in [0.2, 0.25) is 0 Å². The third-order valence-corrected chi connectivity index (χ3v) is 4.58. The molecule has 0 aromatic heterocycles. The molecule has 2 heteroatoms. The molecule has 0 radical (unpaired) electrons. The highest BCUT2D eigenvalue weighted by Crippen LogP contribution is 2.46. The summed E-state index contributed by atoms with van der Waals surface area (Å²) in [7, 11) is 0. The highest BCUT2D eigenvalue weighted by molar-refractivity contribution is 5.25. The minimum atomic E-state index is -0.0486. The second-order valence-electron chi connectivity index (χ2n) is 5.10. The van der Waals surface area contributed by atoms with E-state index in [1.165, 1.54) is 0 Å². The third kappa shape index (κ3) is 2.23. The van der Waals surface area contributed by atoms with Crippen molar-refractivity contribution in [2.75, 3.05) is 13.1 Å². The molecule has 17 heavy (non-hydrogen) atoms. The van der Waals surface area contributed by atoms with Crippen molar-refractivity contribution >= 4 is 0 Å². The quantitative estimate of drug-likeness (QED) is 0.842. The van der Waals surface area contributed by atoms with Crippen LogP contribution in [0.5, 0.6) is 0 Å². The molecule has 1 nitrogen and oxygen atoms in total. The van der Waals surface area contributed by atoms with Gasteiger partial charge in [0.05, 0.1) is 0 Å². The molecule has 94 valence electrons.